The number of hydrogen-bond donors (Lipinski definition) is 1. The molecule has 0 atom stereocenters. The maximum atomic E-state index is 11.8. The molecule has 0 aliphatic heterocycles. The lowest BCUT2D eigenvalue weighted by Crippen LogP contribution is -2.18. The Labute approximate surface area is 111 Å². The Bertz CT molecular complexity index is 558. The third kappa shape index (κ3) is 3.65. The van der Waals surface area contributed by atoms with Crippen molar-refractivity contribution in [1.29, 1.82) is 0 Å². The van der Waals surface area contributed by atoms with Crippen molar-refractivity contribution in [3.63, 3.8) is 0 Å². The summed E-state index contributed by atoms with van der Waals surface area (Å²) >= 11 is 0. The minimum absolute atomic E-state index is 0.263. The number of aromatic nitrogens is 3. The van der Waals surface area contributed by atoms with E-state index in [2.05, 4.69) is 20.5 Å². The maximum absolute atomic E-state index is 11.8. The molecule has 102 valence electrons. The van der Waals surface area contributed by atoms with Gasteiger partial charge in [0, 0.05) is 18.8 Å². The first-order chi connectivity index (χ1) is 9.04. The van der Waals surface area contributed by atoms with Gasteiger partial charge in [0.15, 0.2) is 5.69 Å². The molecule has 1 amide bonds. The van der Waals surface area contributed by atoms with Gasteiger partial charge in [-0.2, -0.15) is 5.10 Å². The lowest BCUT2D eigenvalue weighted by Gasteiger charge is -2.08. The monoisotopic (exact) mass is 263 g/mol. The SMILES string of the molecule is Cc1cc(C(=O)Nc2cnn(CCN(C)C)c2)no1. The van der Waals surface area contributed by atoms with Crippen LogP contribution in [-0.2, 0) is 6.54 Å². The van der Waals surface area contributed by atoms with Crippen LogP contribution >= 0.6 is 0 Å². The summed E-state index contributed by atoms with van der Waals surface area (Å²) in [6.07, 6.45) is 3.40. The Morgan fingerprint density at radius 1 is 1.53 bits per heavy atom. The van der Waals surface area contributed by atoms with Gasteiger partial charge in [0.1, 0.15) is 5.76 Å². The molecular weight excluding hydrogens is 246 g/mol. The highest BCUT2D eigenvalue weighted by molar-refractivity contribution is 6.02. The fourth-order valence-corrected chi connectivity index (χ4v) is 1.52. The largest absolute Gasteiger partial charge is 0.361 e. The van der Waals surface area contributed by atoms with Crippen molar-refractivity contribution in [2.24, 2.45) is 0 Å². The van der Waals surface area contributed by atoms with E-state index in [0.717, 1.165) is 13.1 Å². The molecular formula is C12H17N5O2. The number of carbonyl (C=O) groups excluding carboxylic acids is 1. The van der Waals surface area contributed by atoms with Gasteiger partial charge in [-0.25, -0.2) is 0 Å². The van der Waals surface area contributed by atoms with Crippen LogP contribution in [0.1, 0.15) is 16.2 Å². The minimum atomic E-state index is -0.302. The van der Waals surface area contributed by atoms with Crippen molar-refractivity contribution in [2.75, 3.05) is 26.0 Å². The molecule has 0 unspecified atom stereocenters. The standard InChI is InChI=1S/C12H17N5O2/c1-9-6-11(15-19-9)12(18)14-10-7-13-17(8-10)5-4-16(2)3/h6-8H,4-5H2,1-3H3,(H,14,18). The second-order valence-electron chi connectivity index (χ2n) is 4.57. The summed E-state index contributed by atoms with van der Waals surface area (Å²) in [4.78, 5) is 13.9. The molecule has 0 saturated heterocycles. The first kappa shape index (κ1) is 13.3. The predicted molar refractivity (Wildman–Crippen MR) is 70.0 cm³/mol. The number of carbonyl (C=O) groups is 1. The highest BCUT2D eigenvalue weighted by Gasteiger charge is 2.11. The van der Waals surface area contributed by atoms with Gasteiger partial charge in [-0.05, 0) is 21.0 Å². The molecule has 0 saturated carbocycles. The van der Waals surface area contributed by atoms with Gasteiger partial charge in [0.05, 0.1) is 18.4 Å². The number of amides is 1. The molecule has 0 bridgehead atoms. The number of aryl methyl sites for hydroxylation is 1. The average Bonchev–Trinajstić information content (AvgIpc) is 2.95. The van der Waals surface area contributed by atoms with Gasteiger partial charge in [0.25, 0.3) is 5.91 Å². The van der Waals surface area contributed by atoms with Crippen LogP contribution < -0.4 is 5.32 Å². The van der Waals surface area contributed by atoms with Crippen molar-refractivity contribution >= 4 is 11.6 Å². The number of rotatable bonds is 5. The van der Waals surface area contributed by atoms with E-state index in [1.807, 2.05) is 14.1 Å². The van der Waals surface area contributed by atoms with Crippen molar-refractivity contribution in [1.82, 2.24) is 19.8 Å². The molecule has 7 heteroatoms. The lowest BCUT2D eigenvalue weighted by atomic mass is 10.3. The fourth-order valence-electron chi connectivity index (χ4n) is 1.52. The molecule has 2 aromatic heterocycles. The molecule has 0 fully saturated rings. The topological polar surface area (TPSA) is 76.2 Å². The lowest BCUT2D eigenvalue weighted by molar-refractivity contribution is 0.101. The molecule has 0 aliphatic carbocycles. The van der Waals surface area contributed by atoms with E-state index in [9.17, 15) is 4.79 Å². The predicted octanol–water partition coefficient (Wildman–Crippen LogP) is 0.993. The zero-order chi connectivity index (χ0) is 13.8. The summed E-state index contributed by atoms with van der Waals surface area (Å²) < 4.78 is 6.64. The molecule has 0 aliphatic rings. The Kier molecular flexibility index (Phi) is 3.96. The molecule has 7 nitrogen and oxygen atoms in total. The summed E-state index contributed by atoms with van der Waals surface area (Å²) in [6, 6.07) is 1.59. The zero-order valence-corrected chi connectivity index (χ0v) is 11.3. The van der Waals surface area contributed by atoms with Crippen LogP contribution in [0.25, 0.3) is 0 Å². The van der Waals surface area contributed by atoms with Crippen LogP contribution in [0.5, 0.6) is 0 Å². The van der Waals surface area contributed by atoms with Gasteiger partial charge in [-0.15, -0.1) is 0 Å². The average molecular weight is 263 g/mol. The van der Waals surface area contributed by atoms with Gasteiger partial charge in [-0.3, -0.25) is 9.48 Å². The highest BCUT2D eigenvalue weighted by Crippen LogP contribution is 2.08. The summed E-state index contributed by atoms with van der Waals surface area (Å²) in [5.41, 5.74) is 0.906. The van der Waals surface area contributed by atoms with Gasteiger partial charge in [0.2, 0.25) is 0 Å². The number of anilines is 1. The van der Waals surface area contributed by atoms with Crippen molar-refractivity contribution in [2.45, 2.75) is 13.5 Å². The Balaban J connectivity index is 1.94. The second-order valence-corrected chi connectivity index (χ2v) is 4.57. The van der Waals surface area contributed by atoms with Gasteiger partial charge in [-0.1, -0.05) is 5.16 Å². The molecule has 0 aromatic carbocycles. The van der Waals surface area contributed by atoms with Crippen LogP contribution in [0.2, 0.25) is 0 Å². The van der Waals surface area contributed by atoms with E-state index in [1.54, 1.807) is 30.1 Å². The molecule has 19 heavy (non-hydrogen) atoms. The van der Waals surface area contributed by atoms with Crippen molar-refractivity contribution < 1.29 is 9.32 Å². The normalized spacial score (nSPS) is 10.9. The van der Waals surface area contributed by atoms with E-state index in [1.165, 1.54) is 0 Å². The molecule has 1 N–H and O–H groups in total. The summed E-state index contributed by atoms with van der Waals surface area (Å²) in [5, 5.41) is 10.5. The number of nitrogens with one attached hydrogen (secondary N) is 1. The van der Waals surface area contributed by atoms with E-state index in [-0.39, 0.29) is 11.6 Å². The first-order valence-corrected chi connectivity index (χ1v) is 5.96. The fraction of sp³-hybridized carbons (Fsp3) is 0.417. The minimum Gasteiger partial charge on any atom is -0.361 e. The quantitative estimate of drug-likeness (QED) is 0.870. The van der Waals surface area contributed by atoms with E-state index in [0.29, 0.717) is 11.4 Å². The first-order valence-electron chi connectivity index (χ1n) is 5.96. The number of nitrogens with zero attached hydrogens (tertiary/aromatic N) is 4. The Hall–Kier alpha value is -2.15. The van der Waals surface area contributed by atoms with Gasteiger partial charge >= 0.3 is 0 Å². The van der Waals surface area contributed by atoms with E-state index < -0.39 is 0 Å². The van der Waals surface area contributed by atoms with Crippen molar-refractivity contribution in [3.8, 4) is 0 Å². The second kappa shape index (κ2) is 5.66. The summed E-state index contributed by atoms with van der Waals surface area (Å²) in [6.45, 7) is 3.40. The number of hydrogen-bond acceptors (Lipinski definition) is 5. The van der Waals surface area contributed by atoms with Crippen LogP contribution in [0.3, 0.4) is 0 Å². The molecule has 2 aromatic rings. The third-order valence-corrected chi connectivity index (χ3v) is 2.53. The Morgan fingerprint density at radius 2 is 2.32 bits per heavy atom. The zero-order valence-electron chi connectivity index (χ0n) is 11.3. The van der Waals surface area contributed by atoms with Crippen LogP contribution in [0, 0.1) is 6.92 Å². The Morgan fingerprint density at radius 3 is 2.95 bits per heavy atom. The smallest absolute Gasteiger partial charge is 0.277 e. The summed E-state index contributed by atoms with van der Waals surface area (Å²) in [7, 11) is 4.00. The molecule has 0 spiro atoms. The highest BCUT2D eigenvalue weighted by atomic mass is 16.5. The third-order valence-electron chi connectivity index (χ3n) is 2.53. The van der Waals surface area contributed by atoms with E-state index >= 15 is 0 Å². The molecule has 2 rings (SSSR count). The van der Waals surface area contributed by atoms with Crippen LogP contribution in [0.4, 0.5) is 5.69 Å². The summed E-state index contributed by atoms with van der Waals surface area (Å²) in [5.74, 6) is 0.302. The van der Waals surface area contributed by atoms with Crippen LogP contribution in [0.15, 0.2) is 23.0 Å². The van der Waals surface area contributed by atoms with Gasteiger partial charge < -0.3 is 14.7 Å². The molecule has 2 heterocycles. The van der Waals surface area contributed by atoms with Crippen LogP contribution in [-0.4, -0.2) is 46.4 Å². The number of likely N-dealkylation sites (N-methyl/N-ethyl adjacent to an activating group) is 1. The molecule has 0 radical (unpaired) electrons. The maximum Gasteiger partial charge on any atom is 0.277 e. The van der Waals surface area contributed by atoms with Crippen molar-refractivity contribution in [3.05, 3.63) is 29.9 Å². The van der Waals surface area contributed by atoms with E-state index in [4.69, 9.17) is 4.52 Å².